The molecule has 2 rings (SSSR count). The van der Waals surface area contributed by atoms with Gasteiger partial charge < -0.3 is 0 Å². The Morgan fingerprint density at radius 2 is 2.12 bits per heavy atom. The van der Waals surface area contributed by atoms with Crippen LogP contribution in [0.2, 0.25) is 0 Å². The van der Waals surface area contributed by atoms with Gasteiger partial charge in [0.25, 0.3) is 0 Å². The predicted octanol–water partition coefficient (Wildman–Crippen LogP) is 3.62. The van der Waals surface area contributed by atoms with Crippen molar-refractivity contribution in [3.8, 4) is 0 Å². The highest BCUT2D eigenvalue weighted by molar-refractivity contribution is 5.74. The Morgan fingerprint density at radius 3 is 2.69 bits per heavy atom. The van der Waals surface area contributed by atoms with E-state index in [1.54, 1.807) is 0 Å². The van der Waals surface area contributed by atoms with Crippen LogP contribution in [0.5, 0.6) is 0 Å². The fourth-order valence-electron chi connectivity index (χ4n) is 1.87. The molecule has 0 radical (unpaired) electrons. The minimum atomic E-state index is 0.0583. The molecule has 0 aliphatic heterocycles. The zero-order chi connectivity index (χ0) is 11.8. The van der Waals surface area contributed by atoms with E-state index in [1.807, 2.05) is 10.9 Å². The van der Waals surface area contributed by atoms with Crippen molar-refractivity contribution in [2.24, 2.45) is 5.92 Å². The molecule has 0 aromatic carbocycles. The van der Waals surface area contributed by atoms with Gasteiger partial charge in [-0.15, -0.1) is 0 Å². The molecule has 1 unspecified atom stereocenters. The molecule has 2 heteroatoms. The van der Waals surface area contributed by atoms with Gasteiger partial charge in [0.2, 0.25) is 0 Å². The van der Waals surface area contributed by atoms with Gasteiger partial charge in [-0.05, 0) is 38.7 Å². The van der Waals surface area contributed by atoms with Crippen LogP contribution in [0.1, 0.15) is 39.7 Å². The number of hydrogen-bond donors (Lipinski definition) is 0. The van der Waals surface area contributed by atoms with Crippen LogP contribution < -0.4 is 0 Å². The predicted molar refractivity (Wildman–Crippen MR) is 68.1 cm³/mol. The standard InChI is InChI=1S/C14H20N2/c1-11-6-5-7-12(8-11)13-9-15-16(10-13)14(2,3)4/h5,7-11H,6H2,1-4H3. The molecule has 1 aliphatic rings. The van der Waals surface area contributed by atoms with Crippen molar-refractivity contribution in [3.05, 3.63) is 36.2 Å². The summed E-state index contributed by atoms with van der Waals surface area (Å²) in [5, 5.41) is 4.43. The Hall–Kier alpha value is -1.31. The first-order valence-electron chi connectivity index (χ1n) is 5.91. The van der Waals surface area contributed by atoms with E-state index in [9.17, 15) is 0 Å². The third kappa shape index (κ3) is 2.26. The highest BCUT2D eigenvalue weighted by Crippen LogP contribution is 2.25. The van der Waals surface area contributed by atoms with Crippen molar-refractivity contribution < 1.29 is 0 Å². The molecule has 0 bridgehead atoms. The molecule has 2 nitrogen and oxygen atoms in total. The van der Waals surface area contributed by atoms with Crippen molar-refractivity contribution in [2.75, 3.05) is 0 Å². The largest absolute Gasteiger partial charge is 0.267 e. The molecule has 0 fully saturated rings. The van der Waals surface area contributed by atoms with Gasteiger partial charge >= 0.3 is 0 Å². The Morgan fingerprint density at radius 1 is 1.38 bits per heavy atom. The van der Waals surface area contributed by atoms with Crippen LogP contribution in [0.4, 0.5) is 0 Å². The fourth-order valence-corrected chi connectivity index (χ4v) is 1.87. The second kappa shape index (κ2) is 3.93. The average molecular weight is 216 g/mol. The molecule has 0 saturated carbocycles. The van der Waals surface area contributed by atoms with E-state index in [0.29, 0.717) is 5.92 Å². The first kappa shape index (κ1) is 11.2. The van der Waals surface area contributed by atoms with E-state index >= 15 is 0 Å². The van der Waals surface area contributed by atoms with Crippen molar-refractivity contribution in [1.29, 1.82) is 0 Å². The van der Waals surface area contributed by atoms with Crippen LogP contribution in [0.3, 0.4) is 0 Å². The summed E-state index contributed by atoms with van der Waals surface area (Å²) in [4.78, 5) is 0. The summed E-state index contributed by atoms with van der Waals surface area (Å²) in [6.07, 6.45) is 12.0. The van der Waals surface area contributed by atoms with Gasteiger partial charge in [0, 0.05) is 11.8 Å². The van der Waals surface area contributed by atoms with Crippen molar-refractivity contribution in [1.82, 2.24) is 9.78 Å². The average Bonchev–Trinajstić information content (AvgIpc) is 2.65. The summed E-state index contributed by atoms with van der Waals surface area (Å²) in [6, 6.07) is 0. The van der Waals surface area contributed by atoms with Gasteiger partial charge in [0.05, 0.1) is 11.7 Å². The number of aromatic nitrogens is 2. The smallest absolute Gasteiger partial charge is 0.0568 e. The molecule has 0 saturated heterocycles. The first-order chi connectivity index (χ1) is 7.47. The normalized spacial score (nSPS) is 21.0. The maximum atomic E-state index is 4.43. The Balaban J connectivity index is 2.29. The number of nitrogens with zero attached hydrogens (tertiary/aromatic N) is 2. The van der Waals surface area contributed by atoms with Crippen LogP contribution in [0, 0.1) is 5.92 Å². The molecular weight excluding hydrogens is 196 g/mol. The van der Waals surface area contributed by atoms with Crippen LogP contribution in [-0.4, -0.2) is 9.78 Å². The third-order valence-electron chi connectivity index (χ3n) is 2.87. The molecule has 1 heterocycles. The molecule has 16 heavy (non-hydrogen) atoms. The zero-order valence-electron chi connectivity index (χ0n) is 10.6. The van der Waals surface area contributed by atoms with Crippen LogP contribution in [-0.2, 0) is 5.54 Å². The third-order valence-corrected chi connectivity index (χ3v) is 2.87. The maximum absolute atomic E-state index is 4.43. The highest BCUT2D eigenvalue weighted by Gasteiger charge is 2.15. The van der Waals surface area contributed by atoms with E-state index in [2.05, 4.69) is 57.2 Å². The Kier molecular flexibility index (Phi) is 2.75. The van der Waals surface area contributed by atoms with E-state index in [-0.39, 0.29) is 5.54 Å². The molecule has 1 aliphatic carbocycles. The second-order valence-corrected chi connectivity index (χ2v) is 5.58. The molecule has 86 valence electrons. The molecular formula is C14H20N2. The lowest BCUT2D eigenvalue weighted by Crippen LogP contribution is -2.21. The molecule has 1 aromatic rings. The lowest BCUT2D eigenvalue weighted by atomic mass is 9.95. The van der Waals surface area contributed by atoms with Gasteiger partial charge in [-0.25, -0.2) is 0 Å². The minimum absolute atomic E-state index is 0.0583. The fraction of sp³-hybridized carbons (Fsp3) is 0.500. The first-order valence-corrected chi connectivity index (χ1v) is 5.91. The topological polar surface area (TPSA) is 17.8 Å². The quantitative estimate of drug-likeness (QED) is 0.701. The SMILES string of the molecule is CC1C=C(c2cnn(C(C)(C)C)c2)C=CC1. The highest BCUT2D eigenvalue weighted by atomic mass is 15.3. The molecule has 0 N–H and O–H groups in total. The number of hydrogen-bond acceptors (Lipinski definition) is 1. The van der Waals surface area contributed by atoms with Crippen molar-refractivity contribution in [2.45, 2.75) is 39.7 Å². The van der Waals surface area contributed by atoms with E-state index < -0.39 is 0 Å². The Bertz CT molecular complexity index is 430. The molecule has 0 amide bonds. The van der Waals surface area contributed by atoms with Gasteiger partial charge in [-0.1, -0.05) is 25.2 Å². The van der Waals surface area contributed by atoms with Gasteiger partial charge in [0.15, 0.2) is 0 Å². The van der Waals surface area contributed by atoms with Gasteiger partial charge in [-0.2, -0.15) is 5.10 Å². The van der Waals surface area contributed by atoms with E-state index in [1.165, 1.54) is 11.1 Å². The summed E-state index contributed by atoms with van der Waals surface area (Å²) in [5.74, 6) is 0.637. The number of allylic oxidation sites excluding steroid dienone is 4. The monoisotopic (exact) mass is 216 g/mol. The molecule has 1 atom stereocenters. The van der Waals surface area contributed by atoms with Gasteiger partial charge in [-0.3, -0.25) is 4.68 Å². The van der Waals surface area contributed by atoms with E-state index in [4.69, 9.17) is 0 Å². The van der Waals surface area contributed by atoms with Crippen molar-refractivity contribution in [3.63, 3.8) is 0 Å². The summed E-state index contributed by atoms with van der Waals surface area (Å²) < 4.78 is 2.02. The minimum Gasteiger partial charge on any atom is -0.267 e. The zero-order valence-corrected chi connectivity index (χ0v) is 10.6. The second-order valence-electron chi connectivity index (χ2n) is 5.58. The summed E-state index contributed by atoms with van der Waals surface area (Å²) in [5.41, 5.74) is 2.58. The summed E-state index contributed by atoms with van der Waals surface area (Å²) in [6.45, 7) is 8.74. The van der Waals surface area contributed by atoms with Crippen LogP contribution in [0.25, 0.3) is 5.57 Å². The van der Waals surface area contributed by atoms with Gasteiger partial charge in [0.1, 0.15) is 0 Å². The van der Waals surface area contributed by atoms with Crippen LogP contribution >= 0.6 is 0 Å². The summed E-state index contributed by atoms with van der Waals surface area (Å²) in [7, 11) is 0. The molecule has 1 aromatic heterocycles. The maximum Gasteiger partial charge on any atom is 0.0568 e. The Labute approximate surface area is 97.7 Å². The lowest BCUT2D eigenvalue weighted by Gasteiger charge is -2.18. The number of rotatable bonds is 1. The van der Waals surface area contributed by atoms with Crippen molar-refractivity contribution >= 4 is 5.57 Å². The lowest BCUT2D eigenvalue weighted by molar-refractivity contribution is 0.355. The molecule has 0 spiro atoms. The summed E-state index contributed by atoms with van der Waals surface area (Å²) >= 11 is 0. The van der Waals surface area contributed by atoms with E-state index in [0.717, 1.165) is 6.42 Å². The van der Waals surface area contributed by atoms with Crippen LogP contribution in [0.15, 0.2) is 30.6 Å².